The summed E-state index contributed by atoms with van der Waals surface area (Å²) in [5.41, 5.74) is 7.63. The molecule has 106 valence electrons. The molecule has 1 heterocycles. The molecule has 0 saturated carbocycles. The van der Waals surface area contributed by atoms with E-state index in [2.05, 4.69) is 0 Å². The molecule has 0 radical (unpaired) electrons. The third-order valence-electron chi connectivity index (χ3n) is 3.59. The zero-order valence-corrected chi connectivity index (χ0v) is 11.6. The minimum atomic E-state index is -0.543. The Morgan fingerprint density at radius 3 is 2.57 bits per heavy atom. The number of nitrogens with zero attached hydrogens (tertiary/aromatic N) is 2. The van der Waals surface area contributed by atoms with E-state index in [0.29, 0.717) is 23.4 Å². The van der Waals surface area contributed by atoms with Crippen molar-refractivity contribution in [1.82, 2.24) is 4.68 Å². The Morgan fingerprint density at radius 1 is 1.19 bits per heavy atom. The summed E-state index contributed by atoms with van der Waals surface area (Å²) in [6.45, 7) is 2.45. The van der Waals surface area contributed by atoms with Crippen LogP contribution in [-0.4, -0.2) is 10.6 Å². The Hall–Kier alpha value is -2.82. The normalized spacial score (nSPS) is 10.9. The number of hydrogen-bond acceptors (Lipinski definition) is 2. The van der Waals surface area contributed by atoms with Crippen LogP contribution in [0.1, 0.15) is 17.3 Å². The van der Waals surface area contributed by atoms with Crippen molar-refractivity contribution in [2.24, 2.45) is 5.73 Å². The van der Waals surface area contributed by atoms with Gasteiger partial charge in [0, 0.05) is 0 Å². The van der Waals surface area contributed by atoms with Gasteiger partial charge in [0.15, 0.2) is 0 Å². The van der Waals surface area contributed by atoms with Crippen molar-refractivity contribution in [1.29, 1.82) is 0 Å². The number of hydrogen-bond donors (Lipinski definition) is 1. The van der Waals surface area contributed by atoms with Gasteiger partial charge >= 0.3 is 0 Å². The van der Waals surface area contributed by atoms with Gasteiger partial charge < -0.3 is 10.9 Å². The SMILES string of the molecule is CCn1c2ccccc2c(-c2ccccc2C(N)=O)[n+]1[O-]. The van der Waals surface area contributed by atoms with Gasteiger partial charge in [-0.25, -0.2) is 0 Å². The van der Waals surface area contributed by atoms with Crippen LogP contribution in [0.15, 0.2) is 48.5 Å². The summed E-state index contributed by atoms with van der Waals surface area (Å²) in [6, 6.07) is 14.4. The number of aryl methyl sites for hydroxylation is 1. The zero-order valence-electron chi connectivity index (χ0n) is 11.6. The van der Waals surface area contributed by atoms with Crippen LogP contribution in [0.4, 0.5) is 0 Å². The number of amides is 1. The fourth-order valence-electron chi connectivity index (χ4n) is 2.67. The van der Waals surface area contributed by atoms with Crippen LogP contribution in [-0.2, 0) is 6.54 Å². The van der Waals surface area contributed by atoms with E-state index >= 15 is 0 Å². The Labute approximate surface area is 121 Å². The van der Waals surface area contributed by atoms with E-state index in [1.807, 2.05) is 31.2 Å². The van der Waals surface area contributed by atoms with Crippen molar-refractivity contribution in [2.75, 3.05) is 0 Å². The van der Waals surface area contributed by atoms with Gasteiger partial charge in [0.25, 0.3) is 5.69 Å². The molecule has 5 heteroatoms. The number of rotatable bonds is 3. The van der Waals surface area contributed by atoms with Gasteiger partial charge in [-0.05, 0) is 31.2 Å². The molecule has 2 N–H and O–H groups in total. The van der Waals surface area contributed by atoms with Crippen molar-refractivity contribution in [3.8, 4) is 11.3 Å². The summed E-state index contributed by atoms with van der Waals surface area (Å²) in [4.78, 5) is 12.5. The summed E-state index contributed by atoms with van der Waals surface area (Å²) in [5, 5.41) is 13.4. The van der Waals surface area contributed by atoms with Crippen LogP contribution < -0.4 is 10.6 Å². The van der Waals surface area contributed by atoms with Crippen molar-refractivity contribution >= 4 is 16.8 Å². The van der Waals surface area contributed by atoms with Gasteiger partial charge in [0.1, 0.15) is 5.52 Å². The molecule has 2 aromatic carbocycles. The predicted molar refractivity (Wildman–Crippen MR) is 80.5 cm³/mol. The molecular formula is C16H15N3O2. The quantitative estimate of drug-likeness (QED) is 0.589. The molecule has 5 nitrogen and oxygen atoms in total. The molecule has 0 unspecified atom stereocenters. The third-order valence-corrected chi connectivity index (χ3v) is 3.59. The molecule has 1 amide bonds. The minimum Gasteiger partial charge on any atom is -0.595 e. The maximum atomic E-state index is 12.6. The first-order chi connectivity index (χ1) is 10.1. The van der Waals surface area contributed by atoms with E-state index in [1.165, 1.54) is 0 Å². The van der Waals surface area contributed by atoms with E-state index in [1.54, 1.807) is 28.9 Å². The lowest BCUT2D eigenvalue weighted by Crippen LogP contribution is -2.38. The number of fused-ring (bicyclic) bond motifs is 1. The van der Waals surface area contributed by atoms with Crippen molar-refractivity contribution < 1.29 is 9.64 Å². The van der Waals surface area contributed by atoms with Gasteiger partial charge in [0.05, 0.1) is 23.1 Å². The van der Waals surface area contributed by atoms with Crippen LogP contribution in [0.3, 0.4) is 0 Å². The number of nitrogens with two attached hydrogens (primary N) is 1. The highest BCUT2D eigenvalue weighted by molar-refractivity contribution is 6.03. The molecule has 0 aliphatic heterocycles. The van der Waals surface area contributed by atoms with Gasteiger partial charge in [0.2, 0.25) is 5.91 Å². The highest BCUT2D eigenvalue weighted by atomic mass is 16.5. The molecule has 0 spiro atoms. The van der Waals surface area contributed by atoms with Crippen LogP contribution in [0.5, 0.6) is 0 Å². The number of carbonyl (C=O) groups excluding carboxylic acids is 1. The molecule has 0 aliphatic rings. The summed E-state index contributed by atoms with van der Waals surface area (Å²) in [5.74, 6) is -0.543. The Morgan fingerprint density at radius 2 is 1.86 bits per heavy atom. The molecule has 21 heavy (non-hydrogen) atoms. The second-order valence-electron chi connectivity index (χ2n) is 4.76. The zero-order chi connectivity index (χ0) is 15.0. The maximum Gasteiger partial charge on any atom is 0.260 e. The lowest BCUT2D eigenvalue weighted by atomic mass is 10.0. The Kier molecular flexibility index (Phi) is 3.10. The van der Waals surface area contributed by atoms with E-state index in [-0.39, 0.29) is 0 Å². The Balaban J connectivity index is 2.41. The van der Waals surface area contributed by atoms with Crippen molar-refractivity contribution in [3.63, 3.8) is 0 Å². The standard InChI is InChI=1S/C16H15N3O2/c1-2-18-14-10-6-5-9-13(14)15(19(18)21)11-7-3-4-8-12(11)16(17)20/h3-10H,2H2,1H3,(H2,17,20). The van der Waals surface area contributed by atoms with Gasteiger partial charge in [-0.1, -0.05) is 29.1 Å². The number of aromatic nitrogens is 2. The number of primary amides is 1. The first-order valence-corrected chi connectivity index (χ1v) is 6.75. The fourth-order valence-corrected chi connectivity index (χ4v) is 2.67. The average Bonchev–Trinajstić information content (AvgIpc) is 2.78. The Bertz CT molecular complexity index is 837. The van der Waals surface area contributed by atoms with Crippen LogP contribution >= 0.6 is 0 Å². The van der Waals surface area contributed by atoms with Crippen molar-refractivity contribution in [2.45, 2.75) is 13.5 Å². The van der Waals surface area contributed by atoms with E-state index in [9.17, 15) is 10.0 Å². The summed E-state index contributed by atoms with van der Waals surface area (Å²) in [7, 11) is 0. The lowest BCUT2D eigenvalue weighted by Gasteiger charge is -2.05. The number of para-hydroxylation sites is 1. The van der Waals surface area contributed by atoms with Gasteiger partial charge in [-0.15, -0.1) is 4.68 Å². The highest BCUT2D eigenvalue weighted by Gasteiger charge is 2.24. The molecule has 0 saturated heterocycles. The molecule has 3 rings (SSSR count). The summed E-state index contributed by atoms with van der Waals surface area (Å²) in [6.07, 6.45) is 0. The predicted octanol–water partition coefficient (Wildman–Crippen LogP) is 2.06. The molecule has 3 aromatic rings. The second-order valence-corrected chi connectivity index (χ2v) is 4.76. The average molecular weight is 281 g/mol. The van der Waals surface area contributed by atoms with Crippen LogP contribution in [0.2, 0.25) is 0 Å². The lowest BCUT2D eigenvalue weighted by molar-refractivity contribution is -0.681. The third kappa shape index (κ3) is 1.94. The molecular weight excluding hydrogens is 266 g/mol. The van der Waals surface area contributed by atoms with Gasteiger partial charge in [-0.3, -0.25) is 4.79 Å². The second kappa shape index (κ2) is 4.94. The molecule has 0 bridgehead atoms. The van der Waals surface area contributed by atoms with E-state index in [0.717, 1.165) is 15.7 Å². The van der Waals surface area contributed by atoms with Crippen LogP contribution in [0.25, 0.3) is 22.2 Å². The summed E-state index contributed by atoms with van der Waals surface area (Å²) < 4.78 is 1.63. The smallest absolute Gasteiger partial charge is 0.260 e. The highest BCUT2D eigenvalue weighted by Crippen LogP contribution is 2.28. The largest absolute Gasteiger partial charge is 0.595 e. The first-order valence-electron chi connectivity index (χ1n) is 6.75. The van der Waals surface area contributed by atoms with Gasteiger partial charge in [-0.2, -0.15) is 0 Å². The first kappa shape index (κ1) is 13.2. The van der Waals surface area contributed by atoms with E-state index < -0.39 is 5.91 Å². The number of benzene rings is 2. The maximum absolute atomic E-state index is 12.6. The van der Waals surface area contributed by atoms with Crippen molar-refractivity contribution in [3.05, 3.63) is 59.3 Å². The molecule has 0 atom stereocenters. The topological polar surface area (TPSA) is 75.0 Å². The number of carbonyl (C=O) groups is 1. The molecule has 1 aromatic heterocycles. The van der Waals surface area contributed by atoms with E-state index in [4.69, 9.17) is 5.73 Å². The monoisotopic (exact) mass is 281 g/mol. The summed E-state index contributed by atoms with van der Waals surface area (Å²) >= 11 is 0. The minimum absolute atomic E-state index is 0.348. The molecule has 0 aliphatic carbocycles. The molecule has 0 fully saturated rings. The van der Waals surface area contributed by atoms with Crippen LogP contribution in [0, 0.1) is 5.21 Å². The fraction of sp³-hybridized carbons (Fsp3) is 0.125.